The monoisotopic (exact) mass is 300 g/mol. The van der Waals surface area contributed by atoms with Gasteiger partial charge in [-0.2, -0.15) is 0 Å². The number of rotatable bonds is 4. The number of hydrogen-bond donors (Lipinski definition) is 2. The Morgan fingerprint density at radius 3 is 2.95 bits per heavy atom. The molecule has 2 heterocycles. The van der Waals surface area contributed by atoms with Gasteiger partial charge in [0, 0.05) is 16.6 Å². The first-order chi connectivity index (χ1) is 10.3. The molecule has 4 heteroatoms. The summed E-state index contributed by atoms with van der Waals surface area (Å²) < 4.78 is 0. The molecule has 0 fully saturated rings. The first kappa shape index (κ1) is 14.3. The quantitative estimate of drug-likeness (QED) is 0.903. The van der Waals surface area contributed by atoms with Crippen molar-refractivity contribution in [2.75, 3.05) is 5.32 Å². The summed E-state index contributed by atoms with van der Waals surface area (Å²) in [5, 5.41) is 8.67. The lowest BCUT2D eigenvalue weighted by atomic mass is 10.0. The maximum Gasteiger partial charge on any atom is 0.241 e. The third-order valence-corrected chi connectivity index (χ3v) is 4.98. The van der Waals surface area contributed by atoms with Crippen LogP contribution in [0, 0.1) is 0 Å². The molecule has 110 valence electrons. The predicted octanol–water partition coefficient (Wildman–Crippen LogP) is 3.74. The third kappa shape index (κ3) is 3.17. The maximum absolute atomic E-state index is 12.4. The molecule has 2 atom stereocenters. The van der Waals surface area contributed by atoms with Gasteiger partial charge in [0.05, 0.1) is 6.04 Å². The van der Waals surface area contributed by atoms with Crippen molar-refractivity contribution >= 4 is 22.9 Å². The number of nitrogens with one attached hydrogen (secondary N) is 2. The zero-order valence-electron chi connectivity index (χ0n) is 12.1. The van der Waals surface area contributed by atoms with E-state index < -0.39 is 0 Å². The van der Waals surface area contributed by atoms with E-state index in [1.54, 1.807) is 11.3 Å². The molecule has 0 aliphatic carbocycles. The van der Waals surface area contributed by atoms with Crippen molar-refractivity contribution in [1.82, 2.24) is 5.32 Å². The van der Waals surface area contributed by atoms with Gasteiger partial charge in [0.2, 0.25) is 5.91 Å². The lowest BCUT2D eigenvalue weighted by Crippen LogP contribution is -2.41. The lowest BCUT2D eigenvalue weighted by Gasteiger charge is -2.22. The molecule has 0 saturated heterocycles. The number of fused-ring (bicyclic) bond motifs is 1. The van der Waals surface area contributed by atoms with E-state index in [-0.39, 0.29) is 18.0 Å². The molecule has 3 nitrogen and oxygen atoms in total. The van der Waals surface area contributed by atoms with Crippen molar-refractivity contribution < 1.29 is 4.79 Å². The molecule has 1 aliphatic heterocycles. The van der Waals surface area contributed by atoms with Crippen molar-refractivity contribution in [1.29, 1.82) is 0 Å². The van der Waals surface area contributed by atoms with E-state index in [4.69, 9.17) is 0 Å². The summed E-state index contributed by atoms with van der Waals surface area (Å²) in [7, 11) is 0. The molecule has 0 bridgehead atoms. The van der Waals surface area contributed by atoms with Gasteiger partial charge in [-0.15, -0.1) is 11.3 Å². The highest BCUT2D eigenvalue weighted by atomic mass is 32.1. The van der Waals surface area contributed by atoms with Crippen LogP contribution in [0.4, 0.5) is 5.69 Å². The summed E-state index contributed by atoms with van der Waals surface area (Å²) >= 11 is 1.74. The smallest absolute Gasteiger partial charge is 0.241 e. The van der Waals surface area contributed by atoms with Gasteiger partial charge in [-0.25, -0.2) is 0 Å². The van der Waals surface area contributed by atoms with Crippen LogP contribution in [0.25, 0.3) is 0 Å². The fraction of sp³-hybridized carbons (Fsp3) is 0.353. The Morgan fingerprint density at radius 1 is 1.33 bits per heavy atom. The van der Waals surface area contributed by atoms with Gasteiger partial charge in [-0.05, 0) is 42.3 Å². The SMILES string of the molecule is CCC(NC1CCc2ccccc2NC1=O)c1cccs1. The zero-order valence-corrected chi connectivity index (χ0v) is 13.0. The van der Waals surface area contributed by atoms with E-state index in [1.807, 2.05) is 18.2 Å². The summed E-state index contributed by atoms with van der Waals surface area (Å²) in [6, 6.07) is 12.4. The summed E-state index contributed by atoms with van der Waals surface area (Å²) in [6.07, 6.45) is 2.75. The van der Waals surface area contributed by atoms with E-state index in [1.165, 1.54) is 10.4 Å². The molecule has 0 spiro atoms. The van der Waals surface area contributed by atoms with Crippen LogP contribution in [0.15, 0.2) is 41.8 Å². The van der Waals surface area contributed by atoms with Crippen LogP contribution in [0.5, 0.6) is 0 Å². The molecule has 1 amide bonds. The summed E-state index contributed by atoms with van der Waals surface area (Å²) in [5.74, 6) is 0.0787. The van der Waals surface area contributed by atoms with E-state index in [9.17, 15) is 4.79 Å². The minimum Gasteiger partial charge on any atom is -0.324 e. The molecule has 2 unspecified atom stereocenters. The highest BCUT2D eigenvalue weighted by molar-refractivity contribution is 7.10. The van der Waals surface area contributed by atoms with Gasteiger partial charge < -0.3 is 5.32 Å². The number of thiophene rings is 1. The van der Waals surface area contributed by atoms with Crippen molar-refractivity contribution in [3.8, 4) is 0 Å². The Balaban J connectivity index is 1.74. The minimum absolute atomic E-state index is 0.0787. The fourth-order valence-electron chi connectivity index (χ4n) is 2.80. The van der Waals surface area contributed by atoms with Crippen LogP contribution >= 0.6 is 11.3 Å². The molecule has 2 aromatic rings. The largest absolute Gasteiger partial charge is 0.324 e. The summed E-state index contributed by atoms with van der Waals surface area (Å²) in [6.45, 7) is 2.15. The standard InChI is InChI=1S/C17H20N2OS/c1-2-13(16-8-5-11-21-16)18-15-10-9-12-6-3-4-7-14(12)19-17(15)20/h3-8,11,13,15,18H,2,9-10H2,1H3,(H,19,20). The molecular weight excluding hydrogens is 280 g/mol. The van der Waals surface area contributed by atoms with Crippen LogP contribution in [-0.2, 0) is 11.2 Å². The van der Waals surface area contributed by atoms with Crippen molar-refractivity contribution in [2.45, 2.75) is 38.3 Å². The molecule has 1 aromatic carbocycles. The molecule has 1 aromatic heterocycles. The van der Waals surface area contributed by atoms with Gasteiger partial charge >= 0.3 is 0 Å². The molecule has 0 saturated carbocycles. The predicted molar refractivity (Wildman–Crippen MR) is 87.7 cm³/mol. The molecule has 21 heavy (non-hydrogen) atoms. The van der Waals surface area contributed by atoms with Crippen LogP contribution in [-0.4, -0.2) is 11.9 Å². The number of hydrogen-bond acceptors (Lipinski definition) is 3. The average molecular weight is 300 g/mol. The Hall–Kier alpha value is -1.65. The van der Waals surface area contributed by atoms with Crippen LogP contribution in [0.1, 0.15) is 36.2 Å². The third-order valence-electron chi connectivity index (χ3n) is 3.99. The molecule has 3 rings (SSSR count). The van der Waals surface area contributed by atoms with Crippen molar-refractivity contribution in [3.63, 3.8) is 0 Å². The minimum atomic E-state index is -0.135. The summed E-state index contributed by atoms with van der Waals surface area (Å²) in [4.78, 5) is 13.7. The number of anilines is 1. The van der Waals surface area contributed by atoms with Gasteiger partial charge in [0.15, 0.2) is 0 Å². The van der Waals surface area contributed by atoms with Crippen molar-refractivity contribution in [3.05, 3.63) is 52.2 Å². The number of para-hydroxylation sites is 1. The number of carbonyl (C=O) groups is 1. The Kier molecular flexibility index (Phi) is 4.36. The zero-order chi connectivity index (χ0) is 14.7. The van der Waals surface area contributed by atoms with Gasteiger partial charge in [-0.1, -0.05) is 31.2 Å². The topological polar surface area (TPSA) is 41.1 Å². The van der Waals surface area contributed by atoms with E-state index in [2.05, 4.69) is 41.1 Å². The number of carbonyl (C=O) groups excluding carboxylic acids is 1. The van der Waals surface area contributed by atoms with Gasteiger partial charge in [0.25, 0.3) is 0 Å². The number of benzene rings is 1. The molecule has 0 radical (unpaired) electrons. The number of aryl methyl sites for hydroxylation is 1. The normalized spacial score (nSPS) is 19.5. The van der Waals surface area contributed by atoms with Crippen LogP contribution in [0.3, 0.4) is 0 Å². The Bertz CT molecular complexity index is 609. The van der Waals surface area contributed by atoms with Gasteiger partial charge in [-0.3, -0.25) is 10.1 Å². The van der Waals surface area contributed by atoms with E-state index in [0.717, 1.165) is 24.9 Å². The Morgan fingerprint density at radius 2 is 2.19 bits per heavy atom. The fourth-order valence-corrected chi connectivity index (χ4v) is 3.67. The average Bonchev–Trinajstić information content (AvgIpc) is 2.97. The highest BCUT2D eigenvalue weighted by Gasteiger charge is 2.25. The van der Waals surface area contributed by atoms with Gasteiger partial charge in [0.1, 0.15) is 0 Å². The first-order valence-corrected chi connectivity index (χ1v) is 8.34. The summed E-state index contributed by atoms with van der Waals surface area (Å²) in [5.41, 5.74) is 2.18. The van der Waals surface area contributed by atoms with E-state index in [0.29, 0.717) is 0 Å². The highest BCUT2D eigenvalue weighted by Crippen LogP contribution is 2.26. The van der Waals surface area contributed by atoms with Crippen LogP contribution < -0.4 is 10.6 Å². The van der Waals surface area contributed by atoms with Crippen molar-refractivity contribution in [2.24, 2.45) is 0 Å². The second kappa shape index (κ2) is 6.41. The number of amides is 1. The Labute approximate surface area is 129 Å². The first-order valence-electron chi connectivity index (χ1n) is 7.46. The lowest BCUT2D eigenvalue weighted by molar-refractivity contribution is -0.118. The second-order valence-electron chi connectivity index (χ2n) is 5.38. The molecule has 2 N–H and O–H groups in total. The molecule has 1 aliphatic rings. The maximum atomic E-state index is 12.4. The molecular formula is C17H20N2OS. The second-order valence-corrected chi connectivity index (χ2v) is 6.36. The van der Waals surface area contributed by atoms with Crippen LogP contribution in [0.2, 0.25) is 0 Å². The van der Waals surface area contributed by atoms with E-state index >= 15 is 0 Å².